The first kappa shape index (κ1) is 11.4. The van der Waals surface area contributed by atoms with Crippen molar-refractivity contribution in [2.24, 2.45) is 0 Å². The molecule has 0 N–H and O–H groups in total. The maximum absolute atomic E-state index is 11.4. The Labute approximate surface area is 106 Å². The Morgan fingerprint density at radius 2 is 2.25 bits per heavy atom. The Bertz CT molecular complexity index is 188. The number of alkyl halides is 2. The third kappa shape index (κ3) is 2.24. The van der Waals surface area contributed by atoms with E-state index in [0.29, 0.717) is 0 Å². The predicted molar refractivity (Wildman–Crippen MR) is 48.9 cm³/mol. The summed E-state index contributed by atoms with van der Waals surface area (Å²) < 4.78 is 4.50. The quantitative estimate of drug-likeness (QED) is 0.422. The maximum atomic E-state index is 11.4. The molecule has 1 rings (SSSR count). The van der Waals surface area contributed by atoms with Crippen molar-refractivity contribution in [3.63, 3.8) is 0 Å². The molecule has 0 aromatic rings. The second kappa shape index (κ2) is 4.74. The van der Waals surface area contributed by atoms with Gasteiger partial charge in [0.05, 0.1) is 0 Å². The second-order valence-electron chi connectivity index (χ2n) is 3.01. The van der Waals surface area contributed by atoms with Crippen LogP contribution in [0.2, 0.25) is 0 Å². The average Bonchev–Trinajstić information content (AvgIpc) is 2.09. The number of hydrogen-bond acceptors (Lipinski definition) is 2. The molecular weight excluding hydrogens is 476 g/mol. The molecule has 1 aliphatic carbocycles. The van der Waals surface area contributed by atoms with E-state index in [1.165, 1.54) is 6.42 Å². The summed E-state index contributed by atoms with van der Waals surface area (Å²) in [6.07, 6.45) is 4.24. The van der Waals surface area contributed by atoms with Gasteiger partial charge in [-0.05, 0) is 0 Å². The van der Waals surface area contributed by atoms with Gasteiger partial charge in [-0.1, -0.05) is 0 Å². The van der Waals surface area contributed by atoms with Crippen molar-refractivity contribution < 1.29 is 34.0 Å². The van der Waals surface area contributed by atoms with Gasteiger partial charge < -0.3 is 0 Å². The molecule has 0 aliphatic heterocycles. The molecule has 5 heteroatoms. The summed E-state index contributed by atoms with van der Waals surface area (Å²) in [5.41, 5.74) is 0. The molecule has 2 unspecified atom stereocenters. The Morgan fingerprint density at radius 3 is 2.75 bits per heavy atom. The molecule has 0 radical (unpaired) electrons. The standard InChI is InChI=1S/C7H10Br2O2.Hg/c8-5-3-1-2-4-7(5,9)6(10)11;/h5H,1-4H2,(H,10,11);/q;+1/p-1. The number of carbonyl (C=O) groups excluding carboxylic acids is 1. The molecule has 2 nitrogen and oxygen atoms in total. The van der Waals surface area contributed by atoms with E-state index in [1.807, 2.05) is 0 Å². The van der Waals surface area contributed by atoms with Gasteiger partial charge in [-0.15, -0.1) is 0 Å². The van der Waals surface area contributed by atoms with E-state index >= 15 is 0 Å². The van der Waals surface area contributed by atoms with E-state index in [9.17, 15) is 4.79 Å². The van der Waals surface area contributed by atoms with Crippen LogP contribution in [0.15, 0.2) is 0 Å². The molecule has 0 saturated heterocycles. The fraction of sp³-hybridized carbons (Fsp3) is 0.857. The summed E-state index contributed by atoms with van der Waals surface area (Å²) in [7, 11) is 0. The summed E-state index contributed by atoms with van der Waals surface area (Å²) in [6.45, 7) is 0. The van der Waals surface area contributed by atoms with Gasteiger partial charge in [0.2, 0.25) is 0 Å². The third-order valence-corrected chi connectivity index (χ3v) is 6.36. The Hall–Kier alpha value is 1.37. The SMILES string of the molecule is O=C([O][Hg])C1(Br)CCCCC1Br. The molecule has 2 atom stereocenters. The monoisotopic (exact) mass is 485 g/mol. The fourth-order valence-electron chi connectivity index (χ4n) is 1.44. The normalized spacial score (nSPS) is 36.2. The Balaban J connectivity index is 2.72. The first-order chi connectivity index (χ1) is 5.61. The van der Waals surface area contributed by atoms with E-state index in [0.717, 1.165) is 19.3 Å². The predicted octanol–water partition coefficient (Wildman–Crippen LogP) is 2.46. The molecule has 0 aromatic heterocycles. The molecule has 0 aromatic carbocycles. The number of halogens is 2. The van der Waals surface area contributed by atoms with Crippen molar-refractivity contribution in [3.8, 4) is 0 Å². The topological polar surface area (TPSA) is 26.3 Å². The minimum atomic E-state index is -0.437. The second-order valence-corrected chi connectivity index (χ2v) is 6.65. The van der Waals surface area contributed by atoms with Crippen LogP contribution in [0.1, 0.15) is 25.7 Å². The molecule has 1 fully saturated rings. The van der Waals surface area contributed by atoms with Gasteiger partial charge in [0.15, 0.2) is 0 Å². The van der Waals surface area contributed by atoms with Gasteiger partial charge in [0, 0.05) is 0 Å². The number of rotatable bonds is 1. The zero-order valence-electron chi connectivity index (χ0n) is 6.69. The Morgan fingerprint density at radius 1 is 1.58 bits per heavy atom. The van der Waals surface area contributed by atoms with Gasteiger partial charge in [0.1, 0.15) is 0 Å². The molecule has 0 bridgehead atoms. The van der Waals surface area contributed by atoms with Crippen molar-refractivity contribution in [2.75, 3.05) is 0 Å². The van der Waals surface area contributed by atoms with Gasteiger partial charge >= 0.3 is 107 Å². The van der Waals surface area contributed by atoms with Crippen LogP contribution in [0.25, 0.3) is 0 Å². The minimum absolute atomic E-state index is 0.0765. The zero-order chi connectivity index (χ0) is 9.19. The molecule has 0 amide bonds. The van der Waals surface area contributed by atoms with Crippen molar-refractivity contribution >= 4 is 37.8 Å². The van der Waals surface area contributed by atoms with Crippen LogP contribution in [-0.2, 0) is 34.0 Å². The van der Waals surface area contributed by atoms with Crippen molar-refractivity contribution in [2.45, 2.75) is 34.8 Å². The van der Waals surface area contributed by atoms with Crippen LogP contribution in [0.5, 0.6) is 0 Å². The molecule has 0 spiro atoms. The van der Waals surface area contributed by atoms with Crippen LogP contribution in [0, 0.1) is 0 Å². The fourth-order valence-corrected chi connectivity index (χ4v) is 4.63. The first-order valence-corrected chi connectivity index (χ1v) is 7.86. The zero-order valence-corrected chi connectivity index (χ0v) is 15.4. The summed E-state index contributed by atoms with van der Waals surface area (Å²) in [5, 5.41) is 0. The van der Waals surface area contributed by atoms with E-state index in [2.05, 4.69) is 31.9 Å². The van der Waals surface area contributed by atoms with E-state index in [4.69, 9.17) is 2.64 Å². The van der Waals surface area contributed by atoms with Gasteiger partial charge in [-0.25, -0.2) is 0 Å². The number of hydrogen-bond donors (Lipinski definition) is 0. The molecular formula is C7H9Br2HgO2. The molecule has 0 heterocycles. The van der Waals surface area contributed by atoms with E-state index < -0.39 is 4.32 Å². The Kier molecular flexibility index (Phi) is 4.51. The van der Waals surface area contributed by atoms with Gasteiger partial charge in [-0.2, -0.15) is 0 Å². The van der Waals surface area contributed by atoms with Crippen molar-refractivity contribution in [3.05, 3.63) is 0 Å². The summed E-state index contributed by atoms with van der Waals surface area (Å²) >= 11 is 7.12. The average molecular weight is 486 g/mol. The van der Waals surface area contributed by atoms with Crippen LogP contribution in [0.3, 0.4) is 0 Å². The van der Waals surface area contributed by atoms with Gasteiger partial charge in [0.25, 0.3) is 0 Å². The summed E-state index contributed by atoms with van der Waals surface area (Å²) in [6, 6.07) is 0. The van der Waals surface area contributed by atoms with Crippen LogP contribution in [-0.4, -0.2) is 15.1 Å². The third-order valence-electron chi connectivity index (χ3n) is 2.22. The number of carbonyl (C=O) groups is 1. The van der Waals surface area contributed by atoms with Crippen molar-refractivity contribution in [1.82, 2.24) is 0 Å². The van der Waals surface area contributed by atoms with Gasteiger partial charge in [-0.3, -0.25) is 0 Å². The summed E-state index contributed by atoms with van der Waals surface area (Å²) in [5.74, 6) is -0.0765. The van der Waals surface area contributed by atoms with E-state index in [1.54, 1.807) is 0 Å². The van der Waals surface area contributed by atoms with E-state index in [-0.39, 0.29) is 37.4 Å². The molecule has 65 valence electrons. The van der Waals surface area contributed by atoms with Crippen molar-refractivity contribution in [1.29, 1.82) is 0 Å². The van der Waals surface area contributed by atoms with Crippen LogP contribution >= 0.6 is 31.9 Å². The molecule has 1 saturated carbocycles. The summed E-state index contributed by atoms with van der Waals surface area (Å²) in [4.78, 5) is 11.7. The molecule has 1 aliphatic rings. The van der Waals surface area contributed by atoms with Crippen LogP contribution < -0.4 is 0 Å². The first-order valence-electron chi connectivity index (χ1n) is 3.90. The molecule has 12 heavy (non-hydrogen) atoms. The van der Waals surface area contributed by atoms with Crippen LogP contribution in [0.4, 0.5) is 0 Å².